The first-order valence-corrected chi connectivity index (χ1v) is 6.16. The first-order valence-electron chi connectivity index (χ1n) is 6.16. The van der Waals surface area contributed by atoms with Gasteiger partial charge in [0.1, 0.15) is 11.6 Å². The molecule has 0 aromatic heterocycles. The third kappa shape index (κ3) is 3.18. The Morgan fingerprint density at radius 1 is 1.00 bits per heavy atom. The Hall–Kier alpha value is -1.74. The van der Waals surface area contributed by atoms with E-state index in [0.29, 0.717) is 0 Å². The summed E-state index contributed by atoms with van der Waals surface area (Å²) in [6.07, 6.45) is -0.780. The maximum absolute atomic E-state index is 13.7. The molecule has 1 atom stereocenters. The van der Waals surface area contributed by atoms with Crippen LogP contribution in [0.5, 0.6) is 0 Å². The lowest BCUT2D eigenvalue weighted by Crippen LogP contribution is -2.06. The van der Waals surface area contributed by atoms with Crippen molar-refractivity contribution in [2.24, 2.45) is 0 Å². The first kappa shape index (κ1) is 13.7. The Kier molecular flexibility index (Phi) is 3.96. The predicted octanol–water partition coefficient (Wildman–Crippen LogP) is 3.86. The molecule has 3 heteroatoms. The molecule has 19 heavy (non-hydrogen) atoms. The minimum absolute atomic E-state index is 0.00340. The van der Waals surface area contributed by atoms with Crippen molar-refractivity contribution in [3.8, 4) is 0 Å². The lowest BCUT2D eigenvalue weighted by Gasteiger charge is -2.13. The minimum Gasteiger partial charge on any atom is -0.388 e. The van der Waals surface area contributed by atoms with Crippen LogP contribution in [-0.4, -0.2) is 5.11 Å². The van der Waals surface area contributed by atoms with Gasteiger partial charge in [-0.25, -0.2) is 8.78 Å². The van der Waals surface area contributed by atoms with Crippen LogP contribution >= 0.6 is 0 Å². The summed E-state index contributed by atoms with van der Waals surface area (Å²) < 4.78 is 27.2. The fourth-order valence-corrected chi connectivity index (χ4v) is 1.97. The van der Waals surface area contributed by atoms with Crippen LogP contribution in [0, 0.1) is 25.5 Å². The van der Waals surface area contributed by atoms with Crippen molar-refractivity contribution < 1.29 is 13.9 Å². The van der Waals surface area contributed by atoms with Crippen molar-refractivity contribution in [2.75, 3.05) is 0 Å². The molecule has 100 valence electrons. The highest BCUT2D eigenvalue weighted by Gasteiger charge is 2.16. The number of aliphatic hydroxyl groups is 1. The molecule has 0 bridgehead atoms. The minimum atomic E-state index is -1.04. The Labute approximate surface area is 111 Å². The fraction of sp³-hybridized carbons (Fsp3) is 0.250. The molecule has 0 fully saturated rings. The van der Waals surface area contributed by atoms with Crippen LogP contribution in [0.25, 0.3) is 0 Å². The number of benzene rings is 2. The fourth-order valence-electron chi connectivity index (χ4n) is 1.97. The number of halogens is 2. The first-order chi connectivity index (χ1) is 8.97. The number of aliphatic hydroxyl groups excluding tert-OH is 1. The van der Waals surface area contributed by atoms with E-state index in [1.165, 1.54) is 6.92 Å². The van der Waals surface area contributed by atoms with Crippen LogP contribution in [0.3, 0.4) is 0 Å². The summed E-state index contributed by atoms with van der Waals surface area (Å²) in [6, 6.07) is 9.79. The van der Waals surface area contributed by atoms with Gasteiger partial charge >= 0.3 is 0 Å². The van der Waals surface area contributed by atoms with Gasteiger partial charge in [-0.05, 0) is 37.1 Å². The molecule has 0 spiro atoms. The molecule has 2 rings (SSSR count). The van der Waals surface area contributed by atoms with Gasteiger partial charge < -0.3 is 5.11 Å². The molecule has 0 aliphatic heterocycles. The van der Waals surface area contributed by atoms with Gasteiger partial charge in [-0.2, -0.15) is 0 Å². The molecule has 0 saturated carbocycles. The molecule has 0 saturated heterocycles. The van der Waals surface area contributed by atoms with E-state index in [4.69, 9.17) is 0 Å². The second-order valence-electron chi connectivity index (χ2n) is 4.83. The van der Waals surface area contributed by atoms with Crippen molar-refractivity contribution in [1.82, 2.24) is 0 Å². The number of hydrogen-bond acceptors (Lipinski definition) is 1. The zero-order chi connectivity index (χ0) is 14.0. The van der Waals surface area contributed by atoms with Crippen LogP contribution in [-0.2, 0) is 6.42 Å². The Morgan fingerprint density at radius 2 is 1.63 bits per heavy atom. The second-order valence-corrected chi connectivity index (χ2v) is 4.83. The van der Waals surface area contributed by atoms with Crippen molar-refractivity contribution in [3.63, 3.8) is 0 Å². The van der Waals surface area contributed by atoms with Gasteiger partial charge in [0.2, 0.25) is 0 Å². The molecule has 0 heterocycles. The van der Waals surface area contributed by atoms with E-state index >= 15 is 0 Å². The predicted molar refractivity (Wildman–Crippen MR) is 70.9 cm³/mol. The van der Waals surface area contributed by atoms with E-state index < -0.39 is 17.7 Å². The van der Waals surface area contributed by atoms with E-state index in [2.05, 4.69) is 0 Å². The molecule has 1 N–H and O–H groups in total. The van der Waals surface area contributed by atoms with Gasteiger partial charge in [-0.3, -0.25) is 0 Å². The van der Waals surface area contributed by atoms with Crippen LogP contribution in [0.15, 0.2) is 36.4 Å². The van der Waals surface area contributed by atoms with Crippen molar-refractivity contribution in [2.45, 2.75) is 26.4 Å². The van der Waals surface area contributed by atoms with Gasteiger partial charge in [0.15, 0.2) is 0 Å². The highest BCUT2D eigenvalue weighted by atomic mass is 19.1. The van der Waals surface area contributed by atoms with Gasteiger partial charge in [0.05, 0.1) is 6.10 Å². The zero-order valence-electron chi connectivity index (χ0n) is 11.0. The largest absolute Gasteiger partial charge is 0.388 e. The summed E-state index contributed by atoms with van der Waals surface area (Å²) in [6.45, 7) is 3.46. The SMILES string of the molecule is Cc1ccc(CC(O)c2cc(F)c(C)cc2F)cc1. The molecule has 1 nitrogen and oxygen atoms in total. The summed E-state index contributed by atoms with van der Waals surface area (Å²) in [5.74, 6) is -1.07. The standard InChI is InChI=1S/C16H16F2O/c1-10-3-5-12(6-4-10)8-16(19)13-9-14(17)11(2)7-15(13)18/h3-7,9,16,19H,8H2,1-2H3. The molecule has 1 unspecified atom stereocenters. The summed E-state index contributed by atoms with van der Waals surface area (Å²) in [4.78, 5) is 0. The summed E-state index contributed by atoms with van der Waals surface area (Å²) in [5.41, 5.74) is 2.25. The molecular weight excluding hydrogens is 246 g/mol. The normalized spacial score (nSPS) is 12.5. The van der Waals surface area contributed by atoms with Crippen LogP contribution < -0.4 is 0 Å². The van der Waals surface area contributed by atoms with E-state index in [1.807, 2.05) is 31.2 Å². The van der Waals surface area contributed by atoms with Gasteiger partial charge in [0.25, 0.3) is 0 Å². The lowest BCUT2D eigenvalue weighted by atomic mass is 9.99. The van der Waals surface area contributed by atoms with Gasteiger partial charge in [-0.15, -0.1) is 0 Å². The molecule has 2 aromatic carbocycles. The Morgan fingerprint density at radius 3 is 2.26 bits per heavy atom. The van der Waals surface area contributed by atoms with Crippen molar-refractivity contribution in [1.29, 1.82) is 0 Å². The van der Waals surface area contributed by atoms with Gasteiger partial charge in [0, 0.05) is 12.0 Å². The smallest absolute Gasteiger partial charge is 0.129 e. The van der Waals surface area contributed by atoms with Crippen molar-refractivity contribution >= 4 is 0 Å². The molecular formula is C16H16F2O. The molecule has 0 amide bonds. The van der Waals surface area contributed by atoms with E-state index in [9.17, 15) is 13.9 Å². The maximum atomic E-state index is 13.7. The Balaban J connectivity index is 2.22. The third-order valence-electron chi connectivity index (χ3n) is 3.19. The lowest BCUT2D eigenvalue weighted by molar-refractivity contribution is 0.173. The summed E-state index contributed by atoms with van der Waals surface area (Å²) >= 11 is 0. The number of hydrogen-bond donors (Lipinski definition) is 1. The number of aryl methyl sites for hydroxylation is 2. The average molecular weight is 262 g/mol. The molecule has 2 aromatic rings. The molecule has 0 aliphatic rings. The highest BCUT2D eigenvalue weighted by Crippen LogP contribution is 2.24. The monoisotopic (exact) mass is 262 g/mol. The quantitative estimate of drug-likeness (QED) is 0.890. The molecule has 0 aliphatic carbocycles. The van der Waals surface area contributed by atoms with E-state index in [-0.39, 0.29) is 17.5 Å². The summed E-state index contributed by atoms with van der Waals surface area (Å²) in [7, 11) is 0. The van der Waals surface area contributed by atoms with E-state index in [0.717, 1.165) is 23.3 Å². The van der Waals surface area contributed by atoms with E-state index in [1.54, 1.807) is 0 Å². The van der Waals surface area contributed by atoms with Crippen LogP contribution in [0.2, 0.25) is 0 Å². The highest BCUT2D eigenvalue weighted by molar-refractivity contribution is 5.29. The molecule has 0 radical (unpaired) electrons. The Bertz CT molecular complexity index is 576. The van der Waals surface area contributed by atoms with Crippen molar-refractivity contribution in [3.05, 3.63) is 70.3 Å². The van der Waals surface area contributed by atoms with Crippen LogP contribution in [0.4, 0.5) is 8.78 Å². The zero-order valence-corrected chi connectivity index (χ0v) is 11.0. The summed E-state index contributed by atoms with van der Waals surface area (Å²) in [5, 5.41) is 10.0. The second kappa shape index (κ2) is 5.49. The maximum Gasteiger partial charge on any atom is 0.129 e. The number of rotatable bonds is 3. The average Bonchev–Trinajstić information content (AvgIpc) is 2.36. The third-order valence-corrected chi connectivity index (χ3v) is 3.19. The van der Waals surface area contributed by atoms with Crippen LogP contribution in [0.1, 0.15) is 28.4 Å². The topological polar surface area (TPSA) is 20.2 Å². The van der Waals surface area contributed by atoms with Gasteiger partial charge in [-0.1, -0.05) is 29.8 Å².